The Hall–Kier alpha value is -2.40. The van der Waals surface area contributed by atoms with Gasteiger partial charge in [0, 0.05) is 44.2 Å². The Labute approximate surface area is 163 Å². The summed E-state index contributed by atoms with van der Waals surface area (Å²) in [6.45, 7) is 7.02. The first-order valence-corrected chi connectivity index (χ1v) is 9.52. The van der Waals surface area contributed by atoms with Gasteiger partial charge >= 0.3 is 11.9 Å². The molecule has 1 heterocycles. The van der Waals surface area contributed by atoms with Gasteiger partial charge in [0.25, 0.3) is 0 Å². The smallest absolute Gasteiger partial charge is 0.355 e. The van der Waals surface area contributed by atoms with Gasteiger partial charge in [0.2, 0.25) is 5.91 Å². The lowest BCUT2D eigenvalue weighted by Gasteiger charge is -2.33. The number of hydrogen-bond donors (Lipinski definition) is 1. The molecule has 0 fully saturated rings. The largest absolute Gasteiger partial charge is 0.476 e. The molecule has 0 spiro atoms. The molecule has 0 aliphatic rings. The molecule has 0 aliphatic heterocycles. The number of carboxylic acid groups (broad SMARTS) is 1. The van der Waals surface area contributed by atoms with E-state index in [4.69, 9.17) is 16.3 Å². The van der Waals surface area contributed by atoms with Crippen molar-refractivity contribution in [1.82, 2.24) is 9.88 Å². The lowest BCUT2D eigenvalue weighted by molar-refractivity contribution is -0.148. The van der Waals surface area contributed by atoms with Crippen LogP contribution in [0.5, 0.6) is 0 Å². The summed E-state index contributed by atoms with van der Waals surface area (Å²) in [5.74, 6) is 0.722. The van der Waals surface area contributed by atoms with Crippen molar-refractivity contribution in [1.29, 1.82) is 0 Å². The monoisotopic (exact) mass is 394 g/mol. The van der Waals surface area contributed by atoms with E-state index in [1.807, 2.05) is 13.8 Å². The number of carbonyl (C=O) groups is 3. The second-order valence-corrected chi connectivity index (χ2v) is 7.69. The minimum absolute atomic E-state index is 0.0806. The number of hydrogen-bond acceptors (Lipinski definition) is 6. The van der Waals surface area contributed by atoms with Crippen LogP contribution in [0, 0.1) is 24.2 Å². The van der Waals surface area contributed by atoms with Gasteiger partial charge in [0.15, 0.2) is 11.8 Å². The van der Waals surface area contributed by atoms with E-state index in [9.17, 15) is 14.4 Å². The number of aromatic carboxylic acids is 1. The van der Waals surface area contributed by atoms with E-state index in [0.29, 0.717) is 11.4 Å². The number of rotatable bonds is 9. The second-order valence-electron chi connectivity index (χ2n) is 6.80. The van der Waals surface area contributed by atoms with E-state index in [0.717, 1.165) is 11.3 Å². The molecule has 7 nitrogen and oxygen atoms in total. The summed E-state index contributed by atoms with van der Waals surface area (Å²) in [5, 5.41) is 10.9. The summed E-state index contributed by atoms with van der Waals surface area (Å²) in [6, 6.07) is -0.232. The number of amides is 1. The maximum Gasteiger partial charge on any atom is 0.355 e. The normalized spacial score (nSPS) is 14.1. The van der Waals surface area contributed by atoms with Crippen LogP contribution in [0.25, 0.3) is 0 Å². The molecule has 0 saturated carbocycles. The van der Waals surface area contributed by atoms with Crippen LogP contribution in [-0.2, 0) is 14.3 Å². The zero-order valence-corrected chi connectivity index (χ0v) is 17.1. The topological polar surface area (TPSA) is 96.8 Å². The Balaban J connectivity index is 3.05. The van der Waals surface area contributed by atoms with E-state index in [2.05, 4.69) is 10.9 Å². The Morgan fingerprint density at radius 2 is 2.00 bits per heavy atom. The van der Waals surface area contributed by atoms with Crippen molar-refractivity contribution in [2.45, 2.75) is 52.7 Å². The van der Waals surface area contributed by atoms with Crippen LogP contribution in [0.1, 0.15) is 62.1 Å². The quantitative estimate of drug-likeness (QED) is 0.511. The maximum absolute atomic E-state index is 12.5. The molecule has 0 radical (unpaired) electrons. The van der Waals surface area contributed by atoms with Crippen LogP contribution in [0.15, 0.2) is 5.38 Å². The summed E-state index contributed by atoms with van der Waals surface area (Å²) in [7, 11) is 1.70. The van der Waals surface area contributed by atoms with Crippen molar-refractivity contribution in [3.63, 3.8) is 0 Å². The third kappa shape index (κ3) is 6.68. The highest BCUT2D eigenvalue weighted by Gasteiger charge is 2.30. The van der Waals surface area contributed by atoms with Gasteiger partial charge in [0.05, 0.1) is 0 Å². The van der Waals surface area contributed by atoms with Crippen LogP contribution in [-0.4, -0.2) is 45.9 Å². The Bertz CT molecular complexity index is 722. The van der Waals surface area contributed by atoms with Crippen LogP contribution < -0.4 is 0 Å². The standard InChI is InChI=1S/C19H26N2O5S/c1-7-12(4)8-17(23)21(6)15(11(2)3)9-16(26-13(5)22)18-20-14(10-27-18)19(24)25/h1,10-12,15-16H,8-9H2,2-6H3,(H,24,25)/t12-,15-,16-/m1/s1. The molecule has 1 aromatic heterocycles. The van der Waals surface area contributed by atoms with Gasteiger partial charge < -0.3 is 14.7 Å². The zero-order chi connectivity index (χ0) is 20.7. The first-order valence-electron chi connectivity index (χ1n) is 8.64. The van der Waals surface area contributed by atoms with Gasteiger partial charge in [-0.15, -0.1) is 23.7 Å². The molecule has 1 aromatic rings. The van der Waals surface area contributed by atoms with E-state index in [-0.39, 0.29) is 35.9 Å². The number of nitrogens with zero attached hydrogens (tertiary/aromatic N) is 2. The van der Waals surface area contributed by atoms with Crippen molar-refractivity contribution in [2.75, 3.05) is 7.05 Å². The summed E-state index contributed by atoms with van der Waals surface area (Å²) < 4.78 is 5.39. The lowest BCUT2D eigenvalue weighted by Crippen LogP contribution is -2.42. The number of carbonyl (C=O) groups excluding carboxylic acids is 2. The predicted octanol–water partition coefficient (Wildman–Crippen LogP) is 2.98. The molecule has 27 heavy (non-hydrogen) atoms. The fraction of sp³-hybridized carbons (Fsp3) is 0.579. The molecular weight excluding hydrogens is 368 g/mol. The van der Waals surface area contributed by atoms with Gasteiger partial charge in [-0.25, -0.2) is 9.78 Å². The van der Waals surface area contributed by atoms with Crippen molar-refractivity contribution in [3.8, 4) is 12.3 Å². The highest BCUT2D eigenvalue weighted by Crippen LogP contribution is 2.30. The number of thiazole rings is 1. The number of esters is 1. The molecule has 0 saturated heterocycles. The van der Waals surface area contributed by atoms with Crippen molar-refractivity contribution in [3.05, 3.63) is 16.1 Å². The number of carboxylic acids is 1. The van der Waals surface area contributed by atoms with Crippen LogP contribution in [0.2, 0.25) is 0 Å². The number of ether oxygens (including phenoxy) is 1. The van der Waals surface area contributed by atoms with E-state index >= 15 is 0 Å². The molecule has 1 amide bonds. The summed E-state index contributed by atoms with van der Waals surface area (Å²) in [5.41, 5.74) is -0.0967. The van der Waals surface area contributed by atoms with Gasteiger partial charge in [0.1, 0.15) is 5.01 Å². The van der Waals surface area contributed by atoms with E-state index in [1.54, 1.807) is 18.9 Å². The van der Waals surface area contributed by atoms with Crippen molar-refractivity contribution < 1.29 is 24.2 Å². The third-order valence-electron chi connectivity index (χ3n) is 4.21. The molecule has 0 bridgehead atoms. The van der Waals surface area contributed by atoms with Gasteiger partial charge in [-0.2, -0.15) is 0 Å². The maximum atomic E-state index is 12.5. The minimum atomic E-state index is -1.14. The van der Waals surface area contributed by atoms with Crippen molar-refractivity contribution >= 4 is 29.2 Å². The van der Waals surface area contributed by atoms with Crippen LogP contribution in [0.4, 0.5) is 0 Å². The Kier molecular flexibility index (Phi) is 8.44. The molecule has 1 rings (SSSR count). The molecule has 0 unspecified atom stereocenters. The van der Waals surface area contributed by atoms with Crippen LogP contribution in [0.3, 0.4) is 0 Å². The zero-order valence-electron chi connectivity index (χ0n) is 16.3. The highest BCUT2D eigenvalue weighted by molar-refractivity contribution is 7.09. The average Bonchev–Trinajstić information content (AvgIpc) is 3.07. The van der Waals surface area contributed by atoms with E-state index < -0.39 is 18.0 Å². The fourth-order valence-corrected chi connectivity index (χ4v) is 3.51. The first kappa shape index (κ1) is 22.6. The van der Waals surface area contributed by atoms with Gasteiger partial charge in [-0.1, -0.05) is 20.8 Å². The molecule has 1 N–H and O–H groups in total. The molecule has 148 valence electrons. The fourth-order valence-electron chi connectivity index (χ4n) is 2.68. The number of terminal acetylenes is 1. The Morgan fingerprint density at radius 1 is 1.37 bits per heavy atom. The van der Waals surface area contributed by atoms with Crippen molar-refractivity contribution in [2.24, 2.45) is 11.8 Å². The summed E-state index contributed by atoms with van der Waals surface area (Å²) in [4.78, 5) is 40.8. The second kappa shape index (κ2) is 10.1. The Morgan fingerprint density at radius 3 is 2.44 bits per heavy atom. The minimum Gasteiger partial charge on any atom is -0.476 e. The summed E-state index contributed by atoms with van der Waals surface area (Å²) >= 11 is 1.12. The SMILES string of the molecule is C#C[C@@H](C)CC(=O)N(C)[C@H](C[C@@H](OC(C)=O)c1nc(C(=O)O)cs1)C(C)C. The third-order valence-corrected chi connectivity index (χ3v) is 5.14. The molecular formula is C19H26N2O5S. The van der Waals surface area contributed by atoms with E-state index in [1.165, 1.54) is 12.3 Å². The van der Waals surface area contributed by atoms with Gasteiger partial charge in [-0.05, 0) is 5.92 Å². The average molecular weight is 394 g/mol. The molecule has 3 atom stereocenters. The molecule has 8 heteroatoms. The number of aromatic nitrogens is 1. The molecule has 0 aliphatic carbocycles. The first-order chi connectivity index (χ1) is 12.6. The van der Waals surface area contributed by atoms with Crippen LogP contribution >= 0.6 is 11.3 Å². The summed E-state index contributed by atoms with van der Waals surface area (Å²) in [6.07, 6.45) is 5.18. The molecule has 0 aromatic carbocycles. The highest BCUT2D eigenvalue weighted by atomic mass is 32.1. The van der Waals surface area contributed by atoms with Gasteiger partial charge in [-0.3, -0.25) is 9.59 Å². The predicted molar refractivity (Wildman–Crippen MR) is 102 cm³/mol. The lowest BCUT2D eigenvalue weighted by atomic mass is 9.95.